The van der Waals surface area contributed by atoms with Gasteiger partial charge in [0.25, 0.3) is 0 Å². The minimum Gasteiger partial charge on any atom is -0.356 e. The van der Waals surface area contributed by atoms with Crippen molar-refractivity contribution in [3.05, 3.63) is 0 Å². The summed E-state index contributed by atoms with van der Waals surface area (Å²) in [6, 6.07) is 0.465. The van der Waals surface area contributed by atoms with Crippen LogP contribution in [0.2, 0.25) is 0 Å². The largest absolute Gasteiger partial charge is 0.356 e. The van der Waals surface area contributed by atoms with Crippen molar-refractivity contribution < 1.29 is 0 Å². The highest BCUT2D eigenvalue weighted by Crippen LogP contribution is 2.16. The number of unbranched alkanes of at least 4 members (excludes halogenated alkanes) is 1. The van der Waals surface area contributed by atoms with E-state index in [2.05, 4.69) is 53.1 Å². The molecule has 5 nitrogen and oxygen atoms in total. The summed E-state index contributed by atoms with van der Waals surface area (Å²) in [6.07, 6.45) is 7.66. The highest BCUT2D eigenvalue weighted by Gasteiger charge is 2.14. The molecule has 27 heavy (non-hydrogen) atoms. The Hall–Kier alpha value is -0.0800. The Morgan fingerprint density at radius 1 is 1.15 bits per heavy atom. The molecule has 0 radical (unpaired) electrons. The van der Waals surface area contributed by atoms with Crippen LogP contribution in [0.3, 0.4) is 0 Å². The summed E-state index contributed by atoms with van der Waals surface area (Å²) in [4.78, 5) is 9.49. The molecule has 1 fully saturated rings. The summed E-state index contributed by atoms with van der Waals surface area (Å²) in [6.45, 7) is 17.5. The van der Waals surface area contributed by atoms with Crippen LogP contribution in [0.4, 0.5) is 0 Å². The summed E-state index contributed by atoms with van der Waals surface area (Å²) in [5, 5.41) is 7.01. The van der Waals surface area contributed by atoms with E-state index >= 15 is 0 Å². The molecular formula is C21H46IN5. The molecular weight excluding hydrogens is 449 g/mol. The molecule has 0 aliphatic carbocycles. The Morgan fingerprint density at radius 2 is 1.81 bits per heavy atom. The van der Waals surface area contributed by atoms with Gasteiger partial charge in [0.15, 0.2) is 5.96 Å². The molecule has 0 amide bonds. The van der Waals surface area contributed by atoms with Gasteiger partial charge in [0, 0.05) is 19.6 Å². The van der Waals surface area contributed by atoms with Gasteiger partial charge >= 0.3 is 0 Å². The third-order valence-electron chi connectivity index (χ3n) is 5.68. The van der Waals surface area contributed by atoms with Crippen molar-refractivity contribution in [3.63, 3.8) is 0 Å². The fourth-order valence-electron chi connectivity index (χ4n) is 3.61. The van der Waals surface area contributed by atoms with Crippen LogP contribution in [0, 0.1) is 5.92 Å². The molecule has 6 heteroatoms. The number of rotatable bonds is 12. The first-order valence-corrected chi connectivity index (χ1v) is 11.0. The predicted octanol–water partition coefficient (Wildman–Crippen LogP) is 3.79. The van der Waals surface area contributed by atoms with E-state index in [4.69, 9.17) is 0 Å². The minimum absolute atomic E-state index is 0. The Kier molecular flexibility index (Phi) is 16.8. The molecule has 0 aromatic carbocycles. The van der Waals surface area contributed by atoms with Crippen molar-refractivity contribution in [1.29, 1.82) is 0 Å². The lowest BCUT2D eigenvalue weighted by Crippen LogP contribution is -2.43. The highest BCUT2D eigenvalue weighted by atomic mass is 127. The van der Waals surface area contributed by atoms with Gasteiger partial charge in [0.2, 0.25) is 0 Å². The number of nitrogens with one attached hydrogen (secondary N) is 2. The average molecular weight is 496 g/mol. The van der Waals surface area contributed by atoms with Crippen molar-refractivity contribution in [2.75, 3.05) is 52.9 Å². The van der Waals surface area contributed by atoms with E-state index in [9.17, 15) is 0 Å². The van der Waals surface area contributed by atoms with Crippen molar-refractivity contribution in [2.45, 2.75) is 72.3 Å². The van der Waals surface area contributed by atoms with E-state index in [0.717, 1.165) is 31.5 Å². The van der Waals surface area contributed by atoms with Gasteiger partial charge in [-0.05, 0) is 90.6 Å². The minimum atomic E-state index is 0. The number of likely N-dealkylation sites (tertiary alicyclic amines) is 1. The first kappa shape index (κ1) is 26.9. The number of halogens is 1. The molecule has 1 rings (SSSR count). The molecule has 0 bridgehead atoms. The van der Waals surface area contributed by atoms with Crippen LogP contribution in [0.25, 0.3) is 0 Å². The topological polar surface area (TPSA) is 42.9 Å². The Labute approximate surface area is 186 Å². The van der Waals surface area contributed by atoms with Crippen molar-refractivity contribution in [1.82, 2.24) is 20.4 Å². The number of nitrogens with zero attached hydrogens (tertiary/aromatic N) is 3. The highest BCUT2D eigenvalue weighted by molar-refractivity contribution is 14.0. The molecule has 162 valence electrons. The first-order valence-electron chi connectivity index (χ1n) is 11.0. The summed E-state index contributed by atoms with van der Waals surface area (Å²) in [7, 11) is 1.87. The van der Waals surface area contributed by atoms with Crippen molar-refractivity contribution in [2.24, 2.45) is 10.9 Å². The number of hydrogen-bond acceptors (Lipinski definition) is 3. The van der Waals surface area contributed by atoms with E-state index in [1.807, 2.05) is 7.05 Å². The van der Waals surface area contributed by atoms with E-state index < -0.39 is 0 Å². The second-order valence-electron chi connectivity index (χ2n) is 7.94. The smallest absolute Gasteiger partial charge is 0.191 e. The molecule has 1 saturated heterocycles. The van der Waals surface area contributed by atoms with Crippen LogP contribution in [0.15, 0.2) is 4.99 Å². The van der Waals surface area contributed by atoms with Gasteiger partial charge in [0.05, 0.1) is 0 Å². The molecule has 0 aromatic rings. The van der Waals surface area contributed by atoms with Crippen molar-refractivity contribution >= 4 is 29.9 Å². The molecule has 0 aromatic heterocycles. The third kappa shape index (κ3) is 12.9. The number of aliphatic imine (C=N–C) groups is 1. The number of piperidine rings is 1. The third-order valence-corrected chi connectivity index (χ3v) is 5.68. The Morgan fingerprint density at radius 3 is 2.41 bits per heavy atom. The Bertz CT molecular complexity index is 366. The normalized spacial score (nSPS) is 17.6. The van der Waals surface area contributed by atoms with Gasteiger partial charge in [-0.25, -0.2) is 0 Å². The Balaban J connectivity index is 0.00000676. The second kappa shape index (κ2) is 16.8. The maximum atomic E-state index is 4.37. The first-order chi connectivity index (χ1) is 12.6. The van der Waals surface area contributed by atoms with Gasteiger partial charge in [-0.2, -0.15) is 0 Å². The van der Waals surface area contributed by atoms with Gasteiger partial charge in [-0.1, -0.05) is 20.8 Å². The molecule has 1 heterocycles. The molecule has 0 saturated carbocycles. The SMILES string of the molecule is CCN(CC)CCCC(C)NC(=NC)NCCCCN1CCC(C)CC1.I. The average Bonchev–Trinajstić information content (AvgIpc) is 2.65. The van der Waals surface area contributed by atoms with Crippen molar-refractivity contribution in [3.8, 4) is 0 Å². The molecule has 2 N–H and O–H groups in total. The monoisotopic (exact) mass is 495 g/mol. The summed E-state index contributed by atoms with van der Waals surface area (Å²) in [5.41, 5.74) is 0. The molecule has 0 spiro atoms. The van der Waals surface area contributed by atoms with Crippen LogP contribution >= 0.6 is 24.0 Å². The lowest BCUT2D eigenvalue weighted by atomic mass is 9.99. The lowest BCUT2D eigenvalue weighted by Gasteiger charge is -2.30. The van der Waals surface area contributed by atoms with E-state index in [-0.39, 0.29) is 24.0 Å². The zero-order valence-electron chi connectivity index (χ0n) is 18.6. The van der Waals surface area contributed by atoms with Crippen LogP contribution in [0.5, 0.6) is 0 Å². The van der Waals surface area contributed by atoms with Crippen LogP contribution in [0.1, 0.15) is 66.2 Å². The number of guanidine groups is 1. The quantitative estimate of drug-likeness (QED) is 0.187. The zero-order valence-corrected chi connectivity index (χ0v) is 20.9. The fraction of sp³-hybridized carbons (Fsp3) is 0.952. The zero-order chi connectivity index (χ0) is 19.2. The van der Waals surface area contributed by atoms with E-state index in [0.29, 0.717) is 6.04 Å². The maximum Gasteiger partial charge on any atom is 0.191 e. The van der Waals surface area contributed by atoms with Crippen LogP contribution in [-0.2, 0) is 0 Å². The van der Waals surface area contributed by atoms with Gasteiger partial charge in [0.1, 0.15) is 0 Å². The lowest BCUT2D eigenvalue weighted by molar-refractivity contribution is 0.189. The standard InChI is InChI=1S/C21H45N5.HI/c1-6-25(7-2)16-10-11-20(4)24-21(22-5)23-14-8-9-15-26-17-12-19(3)13-18-26;/h19-20H,6-18H2,1-5H3,(H2,22,23,24);1H. The molecule has 1 aliphatic heterocycles. The van der Waals surface area contributed by atoms with Crippen LogP contribution in [-0.4, -0.2) is 74.7 Å². The van der Waals surface area contributed by atoms with E-state index in [1.54, 1.807) is 0 Å². The van der Waals surface area contributed by atoms with Crippen LogP contribution < -0.4 is 10.6 Å². The number of hydrogen-bond donors (Lipinski definition) is 2. The molecule has 1 aliphatic rings. The second-order valence-corrected chi connectivity index (χ2v) is 7.94. The van der Waals surface area contributed by atoms with E-state index in [1.165, 1.54) is 64.7 Å². The molecule has 1 unspecified atom stereocenters. The maximum absolute atomic E-state index is 4.37. The van der Waals surface area contributed by atoms with Gasteiger partial charge in [-0.15, -0.1) is 24.0 Å². The molecule has 1 atom stereocenters. The summed E-state index contributed by atoms with van der Waals surface area (Å²) in [5.74, 6) is 1.88. The summed E-state index contributed by atoms with van der Waals surface area (Å²) < 4.78 is 0. The summed E-state index contributed by atoms with van der Waals surface area (Å²) >= 11 is 0. The predicted molar refractivity (Wildman–Crippen MR) is 130 cm³/mol. The fourth-order valence-corrected chi connectivity index (χ4v) is 3.61. The van der Waals surface area contributed by atoms with Gasteiger partial charge in [-0.3, -0.25) is 4.99 Å². The van der Waals surface area contributed by atoms with Gasteiger partial charge < -0.3 is 20.4 Å².